The van der Waals surface area contributed by atoms with E-state index in [0.29, 0.717) is 12.5 Å². The fourth-order valence-corrected chi connectivity index (χ4v) is 1.55. The highest BCUT2D eigenvalue weighted by atomic mass is 16.5. The smallest absolute Gasteiger partial charge is 0.0633 e. The molecule has 0 amide bonds. The van der Waals surface area contributed by atoms with E-state index in [1.807, 2.05) is 18.2 Å². The van der Waals surface area contributed by atoms with Crippen LogP contribution >= 0.6 is 0 Å². The van der Waals surface area contributed by atoms with E-state index in [9.17, 15) is 0 Å². The lowest BCUT2D eigenvalue weighted by molar-refractivity contribution is 0.0576. The Hall–Kier alpha value is -0.860. The van der Waals surface area contributed by atoms with E-state index in [2.05, 4.69) is 19.1 Å². The van der Waals surface area contributed by atoms with Gasteiger partial charge in [0.25, 0.3) is 0 Å². The van der Waals surface area contributed by atoms with Crippen molar-refractivity contribution < 1.29 is 9.47 Å². The standard InChI is InChI=1S/C12H18O2/c1-10(14-3)12(9-13-2)11-7-5-4-6-8-11/h4-8,10,12H,9H2,1-3H3. The second kappa shape index (κ2) is 5.78. The minimum atomic E-state index is 0.178. The zero-order valence-corrected chi connectivity index (χ0v) is 9.07. The van der Waals surface area contributed by atoms with Gasteiger partial charge in [0.2, 0.25) is 0 Å². The van der Waals surface area contributed by atoms with Crippen LogP contribution in [0, 0.1) is 0 Å². The van der Waals surface area contributed by atoms with E-state index in [1.165, 1.54) is 5.56 Å². The zero-order chi connectivity index (χ0) is 10.4. The summed E-state index contributed by atoms with van der Waals surface area (Å²) in [6, 6.07) is 10.3. The topological polar surface area (TPSA) is 18.5 Å². The molecule has 0 heterocycles. The number of benzene rings is 1. The molecule has 0 saturated heterocycles. The third kappa shape index (κ3) is 2.82. The van der Waals surface area contributed by atoms with Crippen LogP contribution in [0.15, 0.2) is 30.3 Å². The van der Waals surface area contributed by atoms with Crippen molar-refractivity contribution in [3.05, 3.63) is 35.9 Å². The van der Waals surface area contributed by atoms with Gasteiger partial charge >= 0.3 is 0 Å². The van der Waals surface area contributed by atoms with Crippen LogP contribution in [0.2, 0.25) is 0 Å². The van der Waals surface area contributed by atoms with Gasteiger partial charge in [-0.1, -0.05) is 30.3 Å². The number of methoxy groups -OCH3 is 2. The molecule has 1 aromatic rings. The van der Waals surface area contributed by atoms with E-state index in [4.69, 9.17) is 9.47 Å². The zero-order valence-electron chi connectivity index (χ0n) is 9.07. The molecule has 2 unspecified atom stereocenters. The molecule has 0 saturated carbocycles. The van der Waals surface area contributed by atoms with Crippen molar-refractivity contribution in [2.24, 2.45) is 0 Å². The van der Waals surface area contributed by atoms with Crippen molar-refractivity contribution in [3.63, 3.8) is 0 Å². The Kier molecular flexibility index (Phi) is 4.63. The molecule has 78 valence electrons. The van der Waals surface area contributed by atoms with Gasteiger partial charge in [0.05, 0.1) is 12.7 Å². The molecular formula is C12H18O2. The van der Waals surface area contributed by atoms with Crippen LogP contribution in [-0.4, -0.2) is 26.9 Å². The highest BCUT2D eigenvalue weighted by molar-refractivity contribution is 5.20. The predicted molar refractivity (Wildman–Crippen MR) is 57.5 cm³/mol. The lowest BCUT2D eigenvalue weighted by Crippen LogP contribution is -2.21. The molecule has 0 aliphatic carbocycles. The molecule has 2 nitrogen and oxygen atoms in total. The van der Waals surface area contributed by atoms with Crippen LogP contribution in [0.5, 0.6) is 0 Å². The first-order chi connectivity index (χ1) is 6.79. The normalized spacial score (nSPS) is 15.1. The molecule has 2 atom stereocenters. The quantitative estimate of drug-likeness (QED) is 0.716. The van der Waals surface area contributed by atoms with Crippen LogP contribution in [-0.2, 0) is 9.47 Å². The van der Waals surface area contributed by atoms with Gasteiger partial charge < -0.3 is 9.47 Å². The van der Waals surface area contributed by atoms with E-state index in [1.54, 1.807) is 14.2 Å². The van der Waals surface area contributed by atoms with E-state index < -0.39 is 0 Å². The van der Waals surface area contributed by atoms with Crippen molar-refractivity contribution in [3.8, 4) is 0 Å². The Morgan fingerprint density at radius 2 is 1.79 bits per heavy atom. The second-order valence-electron chi connectivity index (χ2n) is 3.41. The third-order valence-corrected chi connectivity index (χ3v) is 2.51. The summed E-state index contributed by atoms with van der Waals surface area (Å²) in [5, 5.41) is 0. The van der Waals surface area contributed by atoms with Crippen LogP contribution in [0.4, 0.5) is 0 Å². The monoisotopic (exact) mass is 194 g/mol. The molecule has 0 N–H and O–H groups in total. The summed E-state index contributed by atoms with van der Waals surface area (Å²) in [5.41, 5.74) is 1.27. The number of ether oxygens (including phenoxy) is 2. The molecule has 0 spiro atoms. The molecular weight excluding hydrogens is 176 g/mol. The van der Waals surface area contributed by atoms with Gasteiger partial charge in [0.15, 0.2) is 0 Å². The summed E-state index contributed by atoms with van der Waals surface area (Å²) in [7, 11) is 3.45. The first-order valence-electron chi connectivity index (χ1n) is 4.86. The van der Waals surface area contributed by atoms with Crippen LogP contribution in [0.1, 0.15) is 18.4 Å². The summed E-state index contributed by atoms with van der Waals surface area (Å²) in [6.45, 7) is 2.76. The molecule has 0 aromatic heterocycles. The van der Waals surface area contributed by atoms with Gasteiger partial charge in [0.1, 0.15) is 0 Å². The van der Waals surface area contributed by atoms with Crippen LogP contribution in [0.25, 0.3) is 0 Å². The summed E-state index contributed by atoms with van der Waals surface area (Å²) in [4.78, 5) is 0. The van der Waals surface area contributed by atoms with Crippen molar-refractivity contribution in [2.45, 2.75) is 18.9 Å². The average Bonchev–Trinajstić information content (AvgIpc) is 2.26. The maximum absolute atomic E-state index is 5.34. The average molecular weight is 194 g/mol. The summed E-state index contributed by atoms with van der Waals surface area (Å²) < 4.78 is 10.5. The fraction of sp³-hybridized carbons (Fsp3) is 0.500. The maximum atomic E-state index is 5.34. The molecule has 0 radical (unpaired) electrons. The van der Waals surface area contributed by atoms with Crippen molar-refractivity contribution >= 4 is 0 Å². The summed E-state index contributed by atoms with van der Waals surface area (Å²) in [6.07, 6.45) is 0.178. The Balaban J connectivity index is 2.77. The molecule has 1 aromatic carbocycles. The van der Waals surface area contributed by atoms with Crippen LogP contribution in [0.3, 0.4) is 0 Å². The highest BCUT2D eigenvalue weighted by Crippen LogP contribution is 2.21. The van der Waals surface area contributed by atoms with E-state index >= 15 is 0 Å². The molecule has 0 bridgehead atoms. The van der Waals surface area contributed by atoms with E-state index in [0.717, 1.165) is 0 Å². The molecule has 2 heteroatoms. The summed E-state index contributed by atoms with van der Waals surface area (Å²) >= 11 is 0. The SMILES string of the molecule is COCC(c1ccccc1)C(C)OC. The van der Waals surface area contributed by atoms with Gasteiger partial charge in [-0.15, -0.1) is 0 Å². The molecule has 0 aliphatic heterocycles. The predicted octanol–water partition coefficient (Wildman–Crippen LogP) is 2.45. The lowest BCUT2D eigenvalue weighted by Gasteiger charge is -2.22. The maximum Gasteiger partial charge on any atom is 0.0633 e. The lowest BCUT2D eigenvalue weighted by atomic mass is 9.95. The molecule has 0 aliphatic rings. The van der Waals surface area contributed by atoms with Gasteiger partial charge in [-0.3, -0.25) is 0 Å². The highest BCUT2D eigenvalue weighted by Gasteiger charge is 2.18. The molecule has 14 heavy (non-hydrogen) atoms. The first kappa shape index (κ1) is 11.2. The third-order valence-electron chi connectivity index (χ3n) is 2.51. The number of hydrogen-bond acceptors (Lipinski definition) is 2. The Morgan fingerprint density at radius 1 is 1.14 bits per heavy atom. The van der Waals surface area contributed by atoms with Crippen molar-refractivity contribution in [1.29, 1.82) is 0 Å². The van der Waals surface area contributed by atoms with Gasteiger partial charge in [-0.25, -0.2) is 0 Å². The minimum absolute atomic E-state index is 0.178. The van der Waals surface area contributed by atoms with Gasteiger partial charge in [-0.2, -0.15) is 0 Å². The Labute approximate surface area is 85.8 Å². The van der Waals surface area contributed by atoms with Crippen molar-refractivity contribution in [2.75, 3.05) is 20.8 Å². The fourth-order valence-electron chi connectivity index (χ4n) is 1.55. The first-order valence-corrected chi connectivity index (χ1v) is 4.86. The van der Waals surface area contributed by atoms with E-state index in [-0.39, 0.29) is 6.10 Å². The number of rotatable bonds is 5. The summed E-state index contributed by atoms with van der Waals surface area (Å²) in [5.74, 6) is 0.311. The molecule has 0 fully saturated rings. The van der Waals surface area contributed by atoms with Crippen molar-refractivity contribution in [1.82, 2.24) is 0 Å². The minimum Gasteiger partial charge on any atom is -0.384 e. The second-order valence-corrected chi connectivity index (χ2v) is 3.41. The van der Waals surface area contributed by atoms with Gasteiger partial charge in [-0.05, 0) is 12.5 Å². The van der Waals surface area contributed by atoms with Gasteiger partial charge in [0, 0.05) is 20.1 Å². The Morgan fingerprint density at radius 3 is 2.29 bits per heavy atom. The number of hydrogen-bond donors (Lipinski definition) is 0. The van der Waals surface area contributed by atoms with Crippen LogP contribution < -0.4 is 0 Å². The molecule has 1 rings (SSSR count). The largest absolute Gasteiger partial charge is 0.384 e. The Bertz CT molecular complexity index is 246.